The number of carbonyl (C=O) groups excluding carboxylic acids is 3. The summed E-state index contributed by atoms with van der Waals surface area (Å²) >= 11 is 0. The molecule has 0 aliphatic rings. The molecule has 3 aromatic rings. The zero-order valence-corrected chi connectivity index (χ0v) is 30.3. The van der Waals surface area contributed by atoms with Crippen molar-refractivity contribution in [1.82, 2.24) is 21.3 Å². The number of alkyl carbamates (subject to hydrolysis) is 2. The van der Waals surface area contributed by atoms with Crippen molar-refractivity contribution in [2.24, 2.45) is 5.92 Å². The first kappa shape index (κ1) is 40.8. The zero-order valence-electron chi connectivity index (χ0n) is 30.3. The van der Waals surface area contributed by atoms with Crippen LogP contribution in [-0.2, 0) is 27.1 Å². The number of rotatable bonds is 19. The number of carbonyl (C=O) groups is 3. The molecular weight excluding hydrogens is 650 g/mol. The highest BCUT2D eigenvalue weighted by Gasteiger charge is 2.30. The number of para-hydroxylation sites is 1. The second-order valence-electron chi connectivity index (χ2n) is 13.8. The van der Waals surface area contributed by atoms with Gasteiger partial charge in [0.2, 0.25) is 5.91 Å². The molecule has 0 saturated carbocycles. The van der Waals surface area contributed by atoms with Gasteiger partial charge in [-0.25, -0.2) is 9.59 Å². The molecule has 0 radical (unpaired) electrons. The number of nitrogens with one attached hydrogen (secondary N) is 5. The average Bonchev–Trinajstić information content (AvgIpc) is 3.08. The first-order valence-corrected chi connectivity index (χ1v) is 17.5. The Morgan fingerprint density at radius 3 is 1.67 bits per heavy atom. The first-order valence-electron chi connectivity index (χ1n) is 17.5. The highest BCUT2D eigenvalue weighted by Crippen LogP contribution is 2.12. The van der Waals surface area contributed by atoms with Crippen LogP contribution in [0.3, 0.4) is 0 Å². The van der Waals surface area contributed by atoms with Crippen LogP contribution in [0.2, 0.25) is 0 Å². The predicted molar refractivity (Wildman–Crippen MR) is 198 cm³/mol. The number of aliphatic hydroxyl groups is 2. The van der Waals surface area contributed by atoms with Crippen LogP contribution in [-0.4, -0.2) is 90.5 Å². The summed E-state index contributed by atoms with van der Waals surface area (Å²) in [5, 5.41) is 37.2. The zero-order chi connectivity index (χ0) is 37.2. The number of aliphatic hydroxyl groups excluding tert-OH is 2. The maximum atomic E-state index is 13.6. The van der Waals surface area contributed by atoms with Gasteiger partial charge in [0.05, 0.1) is 24.3 Å². The van der Waals surface area contributed by atoms with E-state index in [0.29, 0.717) is 19.4 Å². The van der Waals surface area contributed by atoms with Crippen molar-refractivity contribution >= 4 is 23.8 Å². The van der Waals surface area contributed by atoms with E-state index < -0.39 is 54.0 Å². The SMILES string of the molecule is CC(C)[C@H](NC(=O)OCCNc1ccccc1)C(=O)N[C@@H](Cc1ccccc1)[C@H](O)CNC[C@@H](O)[C@H](Cc1ccccc1)NC(=O)OC(C)(C)C. The van der Waals surface area contributed by atoms with E-state index in [1.165, 1.54) is 0 Å². The molecule has 278 valence electrons. The normalized spacial score (nSPS) is 14.4. The molecule has 3 rings (SSSR count). The summed E-state index contributed by atoms with van der Waals surface area (Å²) in [5.41, 5.74) is 2.00. The molecule has 0 aromatic heterocycles. The lowest BCUT2D eigenvalue weighted by Crippen LogP contribution is -2.57. The van der Waals surface area contributed by atoms with Crippen LogP contribution in [0.1, 0.15) is 45.7 Å². The minimum Gasteiger partial charge on any atom is -0.448 e. The Balaban J connectivity index is 1.61. The lowest BCUT2D eigenvalue weighted by Gasteiger charge is -2.30. The highest BCUT2D eigenvalue weighted by atomic mass is 16.6. The summed E-state index contributed by atoms with van der Waals surface area (Å²) < 4.78 is 10.7. The lowest BCUT2D eigenvalue weighted by molar-refractivity contribution is -0.125. The van der Waals surface area contributed by atoms with Gasteiger partial charge >= 0.3 is 12.2 Å². The molecule has 5 atom stereocenters. The van der Waals surface area contributed by atoms with Crippen molar-refractivity contribution in [1.29, 1.82) is 0 Å². The van der Waals surface area contributed by atoms with Gasteiger partial charge in [-0.05, 0) is 62.8 Å². The smallest absolute Gasteiger partial charge is 0.407 e. The molecule has 51 heavy (non-hydrogen) atoms. The van der Waals surface area contributed by atoms with Gasteiger partial charge in [0, 0.05) is 25.3 Å². The molecule has 0 heterocycles. The Morgan fingerprint density at radius 2 is 1.18 bits per heavy atom. The van der Waals surface area contributed by atoms with E-state index in [1.54, 1.807) is 20.8 Å². The predicted octanol–water partition coefficient (Wildman–Crippen LogP) is 4.02. The number of benzene rings is 3. The molecule has 0 fully saturated rings. The molecule has 12 nitrogen and oxygen atoms in total. The van der Waals surface area contributed by atoms with E-state index in [0.717, 1.165) is 16.8 Å². The lowest BCUT2D eigenvalue weighted by atomic mass is 9.98. The van der Waals surface area contributed by atoms with E-state index in [9.17, 15) is 24.6 Å². The minimum atomic E-state index is -1.07. The van der Waals surface area contributed by atoms with E-state index >= 15 is 0 Å². The van der Waals surface area contributed by atoms with Crippen LogP contribution in [0, 0.1) is 5.92 Å². The fraction of sp³-hybridized carbons (Fsp3) is 0.462. The summed E-state index contributed by atoms with van der Waals surface area (Å²) in [5.74, 6) is -0.740. The Morgan fingerprint density at radius 1 is 0.686 bits per heavy atom. The largest absolute Gasteiger partial charge is 0.448 e. The maximum Gasteiger partial charge on any atom is 0.407 e. The van der Waals surface area contributed by atoms with Crippen LogP contribution in [0.4, 0.5) is 15.3 Å². The van der Waals surface area contributed by atoms with Crippen molar-refractivity contribution < 1.29 is 34.1 Å². The van der Waals surface area contributed by atoms with Crippen LogP contribution >= 0.6 is 0 Å². The highest BCUT2D eigenvalue weighted by molar-refractivity contribution is 5.86. The van der Waals surface area contributed by atoms with Crippen LogP contribution < -0.4 is 26.6 Å². The monoisotopic (exact) mass is 705 g/mol. The third-order valence-corrected chi connectivity index (χ3v) is 7.92. The fourth-order valence-corrected chi connectivity index (χ4v) is 5.30. The Labute approximate surface area is 301 Å². The van der Waals surface area contributed by atoms with Crippen molar-refractivity contribution in [3.8, 4) is 0 Å². The molecule has 3 amide bonds. The van der Waals surface area contributed by atoms with Crippen molar-refractivity contribution in [2.45, 2.75) is 83.4 Å². The summed E-state index contributed by atoms with van der Waals surface area (Å²) in [6.07, 6.45) is -2.80. The number of amides is 3. The van der Waals surface area contributed by atoms with Gasteiger partial charge in [0.15, 0.2) is 0 Å². The Kier molecular flexibility index (Phi) is 16.7. The molecule has 0 saturated heterocycles. The van der Waals surface area contributed by atoms with Gasteiger partial charge in [0.25, 0.3) is 0 Å². The third kappa shape index (κ3) is 15.8. The van der Waals surface area contributed by atoms with Crippen LogP contribution in [0.15, 0.2) is 91.0 Å². The molecule has 7 N–H and O–H groups in total. The summed E-state index contributed by atoms with van der Waals surface area (Å²) in [7, 11) is 0. The maximum absolute atomic E-state index is 13.6. The quantitative estimate of drug-likeness (QED) is 0.0911. The Hall–Kier alpha value is -4.65. The number of hydrogen-bond donors (Lipinski definition) is 7. The van der Waals surface area contributed by atoms with Gasteiger partial charge < -0.3 is 46.3 Å². The molecule has 0 bridgehead atoms. The molecule has 3 aromatic carbocycles. The van der Waals surface area contributed by atoms with Crippen LogP contribution in [0.5, 0.6) is 0 Å². The number of hydrogen-bond acceptors (Lipinski definition) is 9. The molecule has 12 heteroatoms. The molecule has 0 aliphatic heterocycles. The molecular formula is C39H55N5O7. The van der Waals surface area contributed by atoms with Crippen molar-refractivity contribution in [3.63, 3.8) is 0 Å². The summed E-state index contributed by atoms with van der Waals surface area (Å²) in [6.45, 7) is 9.47. The molecule has 0 spiro atoms. The van der Waals surface area contributed by atoms with Gasteiger partial charge in [-0.2, -0.15) is 0 Å². The summed E-state index contributed by atoms with van der Waals surface area (Å²) in [4.78, 5) is 38.8. The van der Waals surface area contributed by atoms with Gasteiger partial charge in [-0.3, -0.25) is 4.79 Å². The average molecular weight is 706 g/mol. The second kappa shape index (κ2) is 20.9. The molecule has 0 aliphatic carbocycles. The second-order valence-corrected chi connectivity index (χ2v) is 13.8. The minimum absolute atomic E-state index is 0.0234. The van der Waals surface area contributed by atoms with E-state index in [-0.39, 0.29) is 25.6 Å². The van der Waals surface area contributed by atoms with E-state index in [1.807, 2.05) is 105 Å². The fourth-order valence-electron chi connectivity index (χ4n) is 5.30. The standard InChI is InChI=1S/C39H55N5O7/c1-27(2)35(44-37(48)50-22-21-41-30-19-13-8-14-20-30)36(47)42-31(23-28-15-9-6-10-16-28)33(45)25-40-26-34(46)32(24-29-17-11-7-12-18-29)43-38(49)51-39(3,4)5/h6-20,27,31-35,40-41,45-46H,21-26H2,1-5H3,(H,42,47)(H,43,49)(H,44,48)/t31-,32-,33+,34+,35-/m0/s1. The van der Waals surface area contributed by atoms with Gasteiger partial charge in [0.1, 0.15) is 18.2 Å². The topological polar surface area (TPSA) is 170 Å². The van der Waals surface area contributed by atoms with E-state index in [4.69, 9.17) is 9.47 Å². The Bertz CT molecular complexity index is 1460. The van der Waals surface area contributed by atoms with E-state index in [2.05, 4.69) is 26.6 Å². The first-order chi connectivity index (χ1) is 24.3. The van der Waals surface area contributed by atoms with Gasteiger partial charge in [-0.15, -0.1) is 0 Å². The third-order valence-electron chi connectivity index (χ3n) is 7.92. The summed E-state index contributed by atoms with van der Waals surface area (Å²) in [6, 6.07) is 26.1. The number of ether oxygens (including phenoxy) is 2. The van der Waals surface area contributed by atoms with Crippen molar-refractivity contribution in [2.75, 3.05) is 31.6 Å². The van der Waals surface area contributed by atoms with Crippen LogP contribution in [0.25, 0.3) is 0 Å². The molecule has 0 unspecified atom stereocenters. The van der Waals surface area contributed by atoms with Gasteiger partial charge in [-0.1, -0.05) is 92.7 Å². The number of anilines is 1. The van der Waals surface area contributed by atoms with Crippen molar-refractivity contribution in [3.05, 3.63) is 102 Å².